The van der Waals surface area contributed by atoms with Crippen molar-refractivity contribution in [2.24, 2.45) is 11.3 Å². The van der Waals surface area contributed by atoms with E-state index in [0.29, 0.717) is 11.9 Å². The van der Waals surface area contributed by atoms with Crippen LogP contribution < -0.4 is 5.32 Å². The van der Waals surface area contributed by atoms with Crippen molar-refractivity contribution >= 4 is 5.91 Å². The maximum absolute atomic E-state index is 12.2. The Kier molecular flexibility index (Phi) is 3.76. The zero-order valence-electron chi connectivity index (χ0n) is 11.5. The van der Waals surface area contributed by atoms with E-state index in [1.165, 1.54) is 19.3 Å². The second-order valence-corrected chi connectivity index (χ2v) is 6.69. The van der Waals surface area contributed by atoms with Gasteiger partial charge in [-0.05, 0) is 38.1 Å². The van der Waals surface area contributed by atoms with E-state index < -0.39 is 0 Å². The van der Waals surface area contributed by atoms with Crippen molar-refractivity contribution in [1.29, 1.82) is 0 Å². The second kappa shape index (κ2) is 4.97. The van der Waals surface area contributed by atoms with Crippen LogP contribution in [0, 0.1) is 11.3 Å². The first-order chi connectivity index (χ1) is 7.97. The van der Waals surface area contributed by atoms with Crippen LogP contribution in [0.4, 0.5) is 0 Å². The van der Waals surface area contributed by atoms with E-state index in [0.717, 1.165) is 32.0 Å². The van der Waals surface area contributed by atoms with Crippen molar-refractivity contribution in [3.8, 4) is 0 Å². The zero-order chi connectivity index (χ0) is 12.5. The van der Waals surface area contributed by atoms with Crippen LogP contribution in [0.2, 0.25) is 0 Å². The molecule has 2 rings (SSSR count). The minimum absolute atomic E-state index is 0.238. The van der Waals surface area contributed by atoms with Gasteiger partial charge in [0, 0.05) is 24.5 Å². The molecule has 0 aromatic rings. The fraction of sp³-hybridized carbons (Fsp3) is 0.929. The molecule has 3 nitrogen and oxygen atoms in total. The lowest BCUT2D eigenvalue weighted by Crippen LogP contribution is -2.51. The van der Waals surface area contributed by atoms with Crippen LogP contribution in [0.5, 0.6) is 0 Å². The smallest absolute Gasteiger partial charge is 0.227 e. The summed E-state index contributed by atoms with van der Waals surface area (Å²) in [6.45, 7) is 9.03. The van der Waals surface area contributed by atoms with Crippen molar-refractivity contribution in [2.75, 3.05) is 19.6 Å². The number of nitrogens with one attached hydrogen (secondary N) is 1. The number of piperidine rings is 1. The lowest BCUT2D eigenvalue weighted by molar-refractivity contribution is -0.140. The molecule has 2 fully saturated rings. The fourth-order valence-corrected chi connectivity index (χ4v) is 2.46. The number of carbonyl (C=O) groups is 1. The maximum Gasteiger partial charge on any atom is 0.227 e. The molecule has 0 aromatic carbocycles. The third kappa shape index (κ3) is 3.70. The molecule has 1 amide bonds. The van der Waals surface area contributed by atoms with E-state index in [9.17, 15) is 4.79 Å². The summed E-state index contributed by atoms with van der Waals surface area (Å²) in [4.78, 5) is 14.3. The Morgan fingerprint density at radius 2 is 2.00 bits per heavy atom. The second-order valence-electron chi connectivity index (χ2n) is 6.69. The van der Waals surface area contributed by atoms with E-state index in [1.54, 1.807) is 0 Å². The lowest BCUT2D eigenvalue weighted by Gasteiger charge is -2.36. The van der Waals surface area contributed by atoms with Crippen molar-refractivity contribution in [1.82, 2.24) is 10.2 Å². The highest BCUT2D eigenvalue weighted by molar-refractivity contribution is 5.81. The van der Waals surface area contributed by atoms with Gasteiger partial charge < -0.3 is 10.2 Å². The van der Waals surface area contributed by atoms with Gasteiger partial charge in [0.15, 0.2) is 0 Å². The van der Waals surface area contributed by atoms with Crippen LogP contribution in [0.3, 0.4) is 0 Å². The van der Waals surface area contributed by atoms with E-state index in [-0.39, 0.29) is 5.41 Å². The number of amides is 1. The van der Waals surface area contributed by atoms with Gasteiger partial charge in [-0.2, -0.15) is 0 Å². The maximum atomic E-state index is 12.2. The van der Waals surface area contributed by atoms with Crippen LogP contribution in [0.1, 0.15) is 46.5 Å². The van der Waals surface area contributed by atoms with E-state index in [1.807, 2.05) is 25.7 Å². The molecule has 1 saturated carbocycles. The molecular weight excluding hydrogens is 212 g/mol. The normalized spacial score (nSPS) is 26.1. The van der Waals surface area contributed by atoms with Crippen LogP contribution >= 0.6 is 0 Å². The minimum atomic E-state index is -0.238. The quantitative estimate of drug-likeness (QED) is 0.816. The Bertz CT molecular complexity index is 278. The molecule has 1 aliphatic heterocycles. The molecule has 0 bridgehead atoms. The summed E-state index contributed by atoms with van der Waals surface area (Å²) < 4.78 is 0. The summed E-state index contributed by atoms with van der Waals surface area (Å²) in [5, 5.41) is 3.63. The summed E-state index contributed by atoms with van der Waals surface area (Å²) in [5.41, 5.74) is -0.238. The summed E-state index contributed by atoms with van der Waals surface area (Å²) in [7, 11) is 0. The predicted octanol–water partition coefficient (Wildman–Crippen LogP) is 2.02. The van der Waals surface area contributed by atoms with E-state index in [4.69, 9.17) is 0 Å². The average molecular weight is 238 g/mol. The SMILES string of the molecule is CC(C)(C)C(=O)N1CCCC(NCC2CC2)C1. The first-order valence-electron chi connectivity index (χ1n) is 6.99. The van der Waals surface area contributed by atoms with Gasteiger partial charge in [-0.1, -0.05) is 20.8 Å². The molecule has 1 atom stereocenters. The van der Waals surface area contributed by atoms with Gasteiger partial charge >= 0.3 is 0 Å². The molecule has 0 spiro atoms. The molecule has 1 unspecified atom stereocenters. The van der Waals surface area contributed by atoms with Crippen molar-refractivity contribution < 1.29 is 4.79 Å². The molecule has 17 heavy (non-hydrogen) atoms. The summed E-state index contributed by atoms with van der Waals surface area (Å²) in [5.74, 6) is 1.22. The van der Waals surface area contributed by atoms with Crippen LogP contribution in [-0.2, 0) is 4.79 Å². The zero-order valence-corrected chi connectivity index (χ0v) is 11.5. The monoisotopic (exact) mass is 238 g/mol. The number of nitrogens with zero attached hydrogens (tertiary/aromatic N) is 1. The number of carbonyl (C=O) groups excluding carboxylic acids is 1. The average Bonchev–Trinajstić information content (AvgIpc) is 3.08. The van der Waals surface area contributed by atoms with E-state index in [2.05, 4.69) is 5.32 Å². The Hall–Kier alpha value is -0.570. The Labute approximate surface area is 105 Å². The van der Waals surface area contributed by atoms with Crippen LogP contribution in [0.15, 0.2) is 0 Å². The molecule has 2 aliphatic rings. The van der Waals surface area contributed by atoms with Gasteiger partial charge in [0.05, 0.1) is 0 Å². The number of rotatable bonds is 3. The Morgan fingerprint density at radius 3 is 2.59 bits per heavy atom. The summed E-state index contributed by atoms with van der Waals surface area (Å²) in [6.07, 6.45) is 5.15. The van der Waals surface area contributed by atoms with Gasteiger partial charge in [0.25, 0.3) is 0 Å². The third-order valence-corrected chi connectivity index (χ3v) is 3.74. The van der Waals surface area contributed by atoms with Crippen LogP contribution in [0.25, 0.3) is 0 Å². The van der Waals surface area contributed by atoms with Crippen molar-refractivity contribution in [3.05, 3.63) is 0 Å². The standard InChI is InChI=1S/C14H26N2O/c1-14(2,3)13(17)16-8-4-5-12(10-16)15-9-11-6-7-11/h11-12,15H,4-10H2,1-3H3. The van der Waals surface area contributed by atoms with Crippen molar-refractivity contribution in [2.45, 2.75) is 52.5 Å². The van der Waals surface area contributed by atoms with Gasteiger partial charge in [-0.3, -0.25) is 4.79 Å². The minimum Gasteiger partial charge on any atom is -0.341 e. The highest BCUT2D eigenvalue weighted by Gasteiger charge is 2.31. The largest absolute Gasteiger partial charge is 0.341 e. The molecule has 0 aromatic heterocycles. The first kappa shape index (κ1) is 12.9. The van der Waals surface area contributed by atoms with Gasteiger partial charge in [0.1, 0.15) is 0 Å². The molecule has 1 heterocycles. The Morgan fingerprint density at radius 1 is 1.29 bits per heavy atom. The predicted molar refractivity (Wildman–Crippen MR) is 69.8 cm³/mol. The molecule has 98 valence electrons. The lowest BCUT2D eigenvalue weighted by atomic mass is 9.93. The molecule has 1 aliphatic carbocycles. The molecule has 1 N–H and O–H groups in total. The number of hydrogen-bond acceptors (Lipinski definition) is 2. The third-order valence-electron chi connectivity index (χ3n) is 3.74. The molecule has 1 saturated heterocycles. The topological polar surface area (TPSA) is 32.3 Å². The fourth-order valence-electron chi connectivity index (χ4n) is 2.46. The highest BCUT2D eigenvalue weighted by Crippen LogP contribution is 2.28. The summed E-state index contributed by atoms with van der Waals surface area (Å²) in [6, 6.07) is 0.524. The molecule has 3 heteroatoms. The highest BCUT2D eigenvalue weighted by atomic mass is 16.2. The molecule has 0 radical (unpaired) electrons. The van der Waals surface area contributed by atoms with Gasteiger partial charge in [-0.15, -0.1) is 0 Å². The van der Waals surface area contributed by atoms with E-state index >= 15 is 0 Å². The number of hydrogen-bond donors (Lipinski definition) is 1. The first-order valence-corrected chi connectivity index (χ1v) is 6.99. The Balaban J connectivity index is 1.81. The summed E-state index contributed by atoms with van der Waals surface area (Å²) >= 11 is 0. The van der Waals surface area contributed by atoms with Gasteiger partial charge in [-0.25, -0.2) is 0 Å². The van der Waals surface area contributed by atoms with Crippen LogP contribution in [-0.4, -0.2) is 36.5 Å². The van der Waals surface area contributed by atoms with Gasteiger partial charge in [0.2, 0.25) is 5.91 Å². The van der Waals surface area contributed by atoms with Crippen molar-refractivity contribution in [3.63, 3.8) is 0 Å². The molecular formula is C14H26N2O. The number of likely N-dealkylation sites (tertiary alicyclic amines) is 1.